The molecule has 9 heteroatoms. The zero-order chi connectivity index (χ0) is 28.7. The van der Waals surface area contributed by atoms with Crippen LogP contribution in [0.2, 0.25) is 0 Å². The molecule has 3 atom stereocenters. The quantitative estimate of drug-likeness (QED) is 0.219. The maximum Gasteiger partial charge on any atom is 0.261 e. The maximum absolute atomic E-state index is 13.4. The molecule has 0 radical (unpaired) electrons. The van der Waals surface area contributed by atoms with Crippen molar-refractivity contribution >= 4 is 39.8 Å². The number of nitrogens with two attached hydrogens (primary N) is 2. The van der Waals surface area contributed by atoms with Crippen LogP contribution in [0, 0.1) is 5.92 Å². The van der Waals surface area contributed by atoms with Crippen LogP contribution in [0.1, 0.15) is 73.1 Å². The van der Waals surface area contributed by atoms with Crippen LogP contribution in [0.4, 0.5) is 5.69 Å². The molecule has 0 spiro atoms. The largest absolute Gasteiger partial charge is 0.377 e. The van der Waals surface area contributed by atoms with E-state index in [0.717, 1.165) is 30.3 Å². The lowest BCUT2D eigenvalue weighted by atomic mass is 9.90. The number of unbranched alkanes of at least 4 members (excludes halogenated alkanes) is 1. The van der Waals surface area contributed by atoms with E-state index in [1.807, 2.05) is 37.2 Å². The van der Waals surface area contributed by atoms with Gasteiger partial charge in [-0.15, -0.1) is 0 Å². The van der Waals surface area contributed by atoms with Crippen molar-refractivity contribution in [2.75, 3.05) is 38.6 Å². The highest BCUT2D eigenvalue weighted by molar-refractivity contribution is 6.26. The molecule has 9 nitrogen and oxygen atoms in total. The highest BCUT2D eigenvalue weighted by Gasteiger charge is 2.34. The summed E-state index contributed by atoms with van der Waals surface area (Å²) in [4.78, 5) is 55.1. The summed E-state index contributed by atoms with van der Waals surface area (Å²) in [6.45, 7) is 4.84. The average molecular weight is 538 g/mol. The number of carbonyl (C=O) groups excluding carboxylic acids is 4. The van der Waals surface area contributed by atoms with E-state index in [-0.39, 0.29) is 48.8 Å². The first-order valence-electron chi connectivity index (χ1n) is 13.9. The highest BCUT2D eigenvalue weighted by Crippen LogP contribution is 2.35. The van der Waals surface area contributed by atoms with Crippen molar-refractivity contribution in [3.63, 3.8) is 0 Å². The van der Waals surface area contributed by atoms with Crippen LogP contribution in [0.3, 0.4) is 0 Å². The SMILES string of the molecule is CCCC[C@H](N)CNCC[C@H](N)C(=O)C[C@H](CCN1C(=O)c2cccc3c(N(C)C)ccc(c23)C1=O)C(C)=O. The third-order valence-corrected chi connectivity index (χ3v) is 7.55. The Morgan fingerprint density at radius 3 is 2.33 bits per heavy atom. The number of benzene rings is 2. The summed E-state index contributed by atoms with van der Waals surface area (Å²) in [6, 6.07) is 8.45. The number of carbonyl (C=O) groups is 4. The second-order valence-corrected chi connectivity index (χ2v) is 10.8. The molecule has 3 rings (SSSR count). The summed E-state index contributed by atoms with van der Waals surface area (Å²) in [6.07, 6.45) is 3.78. The van der Waals surface area contributed by atoms with Gasteiger partial charge in [0.1, 0.15) is 11.6 Å². The van der Waals surface area contributed by atoms with Gasteiger partial charge in [-0.25, -0.2) is 0 Å². The van der Waals surface area contributed by atoms with Gasteiger partial charge in [-0.2, -0.15) is 0 Å². The Bertz CT molecular complexity index is 1190. The molecule has 5 N–H and O–H groups in total. The zero-order valence-electron chi connectivity index (χ0n) is 23.7. The molecule has 2 amide bonds. The van der Waals surface area contributed by atoms with Gasteiger partial charge in [-0.3, -0.25) is 24.1 Å². The third-order valence-electron chi connectivity index (χ3n) is 7.55. The van der Waals surface area contributed by atoms with Gasteiger partial charge in [0.05, 0.1) is 6.04 Å². The number of Topliss-reactive ketones (excluding diaryl/α,β-unsaturated/α-hetero) is 2. The summed E-state index contributed by atoms with van der Waals surface area (Å²) in [7, 11) is 3.83. The Morgan fingerprint density at radius 2 is 1.69 bits per heavy atom. The van der Waals surface area contributed by atoms with Crippen LogP contribution in [0.5, 0.6) is 0 Å². The Kier molecular flexibility index (Phi) is 10.7. The van der Waals surface area contributed by atoms with E-state index in [0.29, 0.717) is 36.0 Å². The number of nitrogens with zero attached hydrogens (tertiary/aromatic N) is 2. The maximum atomic E-state index is 13.4. The van der Waals surface area contributed by atoms with Gasteiger partial charge >= 0.3 is 0 Å². The molecule has 0 saturated heterocycles. The van der Waals surface area contributed by atoms with Gasteiger partial charge in [0.15, 0.2) is 0 Å². The van der Waals surface area contributed by atoms with Crippen LogP contribution in [-0.2, 0) is 9.59 Å². The predicted molar refractivity (Wildman–Crippen MR) is 155 cm³/mol. The first kappa shape index (κ1) is 30.4. The molecule has 1 heterocycles. The van der Waals surface area contributed by atoms with Crippen molar-refractivity contribution in [3.8, 4) is 0 Å². The van der Waals surface area contributed by atoms with E-state index in [4.69, 9.17) is 11.5 Å². The Morgan fingerprint density at radius 1 is 1.00 bits per heavy atom. The lowest BCUT2D eigenvalue weighted by molar-refractivity contribution is -0.127. The van der Waals surface area contributed by atoms with E-state index >= 15 is 0 Å². The van der Waals surface area contributed by atoms with Crippen molar-refractivity contribution in [2.45, 2.75) is 64.5 Å². The Balaban J connectivity index is 1.61. The summed E-state index contributed by atoms with van der Waals surface area (Å²) >= 11 is 0. The summed E-state index contributed by atoms with van der Waals surface area (Å²) in [5.41, 5.74) is 14.0. The van der Waals surface area contributed by atoms with Gasteiger partial charge in [0, 0.05) is 73.2 Å². The van der Waals surface area contributed by atoms with Crippen LogP contribution in [-0.4, -0.2) is 74.1 Å². The molecule has 2 aromatic rings. The summed E-state index contributed by atoms with van der Waals surface area (Å²) in [5.74, 6) is -1.75. The molecular formula is C30H43N5O4. The van der Waals surface area contributed by atoms with E-state index in [2.05, 4.69) is 12.2 Å². The minimum atomic E-state index is -0.695. The fraction of sp³-hybridized carbons (Fsp3) is 0.533. The molecule has 0 unspecified atom stereocenters. The normalized spacial score (nSPS) is 15.4. The molecule has 0 bridgehead atoms. The van der Waals surface area contributed by atoms with Gasteiger partial charge in [0.25, 0.3) is 11.8 Å². The van der Waals surface area contributed by atoms with E-state index in [1.54, 1.807) is 12.1 Å². The average Bonchev–Trinajstić information content (AvgIpc) is 2.91. The molecule has 212 valence electrons. The van der Waals surface area contributed by atoms with Crippen LogP contribution in [0.25, 0.3) is 10.8 Å². The number of amides is 2. The van der Waals surface area contributed by atoms with E-state index < -0.39 is 12.0 Å². The van der Waals surface area contributed by atoms with Crippen molar-refractivity contribution in [2.24, 2.45) is 17.4 Å². The van der Waals surface area contributed by atoms with E-state index in [1.165, 1.54) is 11.8 Å². The molecule has 0 saturated carbocycles. The monoisotopic (exact) mass is 537 g/mol. The molecule has 1 aliphatic heterocycles. The lowest BCUT2D eigenvalue weighted by Crippen LogP contribution is -2.42. The van der Waals surface area contributed by atoms with Gasteiger partial charge < -0.3 is 21.7 Å². The molecule has 2 aromatic carbocycles. The Labute approximate surface area is 231 Å². The van der Waals surface area contributed by atoms with Crippen LogP contribution >= 0.6 is 0 Å². The fourth-order valence-electron chi connectivity index (χ4n) is 5.13. The molecule has 39 heavy (non-hydrogen) atoms. The number of rotatable bonds is 16. The highest BCUT2D eigenvalue weighted by atomic mass is 16.2. The van der Waals surface area contributed by atoms with Crippen LogP contribution in [0.15, 0.2) is 30.3 Å². The molecule has 0 fully saturated rings. The minimum absolute atomic E-state index is 0.0128. The summed E-state index contributed by atoms with van der Waals surface area (Å²) < 4.78 is 0. The number of hydrogen-bond donors (Lipinski definition) is 3. The lowest BCUT2D eigenvalue weighted by Gasteiger charge is -2.29. The number of ketones is 2. The standard InChI is InChI=1S/C30H43N5O4/c1-5-6-8-21(31)18-33-15-13-25(32)27(37)17-20(19(2)36)14-16-35-29(38)23-10-7-9-22-26(34(3)4)12-11-24(28(22)23)30(35)39/h7,9-12,20-21,25,33H,5-6,8,13-18,31-32H2,1-4H3/t20-,21-,25-/m0/s1. The summed E-state index contributed by atoms with van der Waals surface area (Å²) in [5, 5.41) is 4.75. The third kappa shape index (κ3) is 7.29. The number of nitrogens with one attached hydrogen (secondary N) is 1. The predicted octanol–water partition coefficient (Wildman–Crippen LogP) is 2.88. The van der Waals surface area contributed by atoms with E-state index in [9.17, 15) is 19.2 Å². The number of imide groups is 1. The molecular weight excluding hydrogens is 494 g/mol. The number of anilines is 1. The smallest absolute Gasteiger partial charge is 0.261 e. The van der Waals surface area contributed by atoms with Crippen molar-refractivity contribution in [1.29, 1.82) is 0 Å². The van der Waals surface area contributed by atoms with Crippen LogP contribution < -0.4 is 21.7 Å². The second kappa shape index (κ2) is 13.8. The minimum Gasteiger partial charge on any atom is -0.377 e. The molecule has 0 aliphatic carbocycles. The van der Waals surface area contributed by atoms with Crippen molar-refractivity contribution < 1.29 is 19.2 Å². The zero-order valence-corrected chi connectivity index (χ0v) is 23.7. The first-order chi connectivity index (χ1) is 18.6. The first-order valence-corrected chi connectivity index (χ1v) is 13.9. The Hall–Kier alpha value is -3.14. The molecule has 0 aromatic heterocycles. The number of hydrogen-bond acceptors (Lipinski definition) is 8. The van der Waals surface area contributed by atoms with Gasteiger partial charge in [-0.1, -0.05) is 31.9 Å². The fourth-order valence-corrected chi connectivity index (χ4v) is 5.13. The van der Waals surface area contributed by atoms with Gasteiger partial charge in [-0.05, 0) is 50.9 Å². The molecule has 1 aliphatic rings. The second-order valence-electron chi connectivity index (χ2n) is 10.8. The van der Waals surface area contributed by atoms with Gasteiger partial charge in [0.2, 0.25) is 0 Å². The van der Waals surface area contributed by atoms with Crippen molar-refractivity contribution in [3.05, 3.63) is 41.5 Å². The van der Waals surface area contributed by atoms with Crippen molar-refractivity contribution in [1.82, 2.24) is 10.2 Å². The topological polar surface area (TPSA) is 139 Å².